The molecule has 1 aromatic heterocycles. The minimum absolute atomic E-state index is 0.0397. The highest BCUT2D eigenvalue weighted by atomic mass is 32.1. The van der Waals surface area contributed by atoms with Gasteiger partial charge in [-0.2, -0.15) is 0 Å². The van der Waals surface area contributed by atoms with Crippen LogP contribution in [0.3, 0.4) is 0 Å². The van der Waals surface area contributed by atoms with Crippen LogP contribution in [0.2, 0.25) is 0 Å². The maximum Gasteiger partial charge on any atom is 0.226 e. The Morgan fingerprint density at radius 3 is 2.31 bits per heavy atom. The van der Waals surface area contributed by atoms with Crippen molar-refractivity contribution >= 4 is 17.2 Å². The summed E-state index contributed by atoms with van der Waals surface area (Å²) in [6.07, 6.45) is 0.283. The molecule has 4 rings (SSSR count). The third kappa shape index (κ3) is 3.22. The smallest absolute Gasteiger partial charge is 0.226 e. The summed E-state index contributed by atoms with van der Waals surface area (Å²) in [5.41, 5.74) is 2.77. The molecule has 132 valence electrons. The number of benzene rings is 2. The van der Waals surface area contributed by atoms with Gasteiger partial charge in [0, 0.05) is 22.4 Å². The summed E-state index contributed by atoms with van der Waals surface area (Å²) in [6.45, 7) is 4.22. The molecule has 1 aliphatic heterocycles. The van der Waals surface area contributed by atoms with Crippen molar-refractivity contribution in [3.05, 3.63) is 75.7 Å². The van der Waals surface area contributed by atoms with Crippen LogP contribution in [-0.2, 0) is 11.2 Å². The van der Waals surface area contributed by atoms with Gasteiger partial charge in [0.25, 0.3) is 0 Å². The van der Waals surface area contributed by atoms with Crippen LogP contribution in [0.25, 0.3) is 0 Å². The van der Waals surface area contributed by atoms with Crippen molar-refractivity contribution in [3.63, 3.8) is 0 Å². The van der Waals surface area contributed by atoms with Crippen LogP contribution in [0.1, 0.15) is 47.6 Å². The first kappa shape index (κ1) is 16.8. The zero-order valence-electron chi connectivity index (χ0n) is 14.7. The monoisotopic (exact) mass is 364 g/mol. The molecule has 1 N–H and O–H groups in total. The first-order valence-corrected chi connectivity index (χ1v) is 9.59. The molecule has 0 spiro atoms. The van der Waals surface area contributed by atoms with Crippen molar-refractivity contribution in [2.75, 3.05) is 0 Å². The highest BCUT2D eigenvalue weighted by Crippen LogP contribution is 2.42. The number of carbonyl (C=O) groups excluding carboxylic acids is 1. The van der Waals surface area contributed by atoms with Gasteiger partial charge in [-0.3, -0.25) is 4.79 Å². The number of thiazole rings is 1. The first-order chi connectivity index (χ1) is 12.6. The highest BCUT2D eigenvalue weighted by molar-refractivity contribution is 7.09. The topological polar surface area (TPSA) is 51.2 Å². The van der Waals surface area contributed by atoms with Crippen LogP contribution >= 0.6 is 11.3 Å². The SMILES string of the molecule is CC(C)c1nc(CC(=O)NC2c3ccccc3Oc3ccccc32)cs1. The van der Waals surface area contributed by atoms with E-state index >= 15 is 0 Å². The summed E-state index contributed by atoms with van der Waals surface area (Å²) < 4.78 is 5.98. The summed E-state index contributed by atoms with van der Waals surface area (Å²) >= 11 is 1.61. The molecule has 1 amide bonds. The van der Waals surface area contributed by atoms with E-state index in [2.05, 4.69) is 24.1 Å². The molecule has 3 aromatic rings. The van der Waals surface area contributed by atoms with E-state index in [0.717, 1.165) is 33.3 Å². The quantitative estimate of drug-likeness (QED) is 0.722. The van der Waals surface area contributed by atoms with E-state index in [4.69, 9.17) is 4.74 Å². The molecule has 26 heavy (non-hydrogen) atoms. The summed E-state index contributed by atoms with van der Waals surface area (Å²) in [5.74, 6) is 1.91. The van der Waals surface area contributed by atoms with Gasteiger partial charge in [-0.05, 0) is 12.1 Å². The number of nitrogens with one attached hydrogen (secondary N) is 1. The number of ether oxygens (including phenoxy) is 1. The molecule has 0 radical (unpaired) electrons. The van der Waals surface area contributed by atoms with Gasteiger partial charge >= 0.3 is 0 Å². The summed E-state index contributed by atoms with van der Waals surface area (Å²) in [4.78, 5) is 17.3. The summed E-state index contributed by atoms with van der Waals surface area (Å²) in [6, 6.07) is 15.4. The number of aromatic nitrogens is 1. The number of nitrogens with zero attached hydrogens (tertiary/aromatic N) is 1. The minimum atomic E-state index is -0.216. The second kappa shape index (κ2) is 6.92. The van der Waals surface area contributed by atoms with Crippen molar-refractivity contribution in [1.29, 1.82) is 0 Å². The van der Waals surface area contributed by atoms with E-state index in [1.165, 1.54) is 0 Å². The van der Waals surface area contributed by atoms with Gasteiger partial charge in [0.05, 0.1) is 23.2 Å². The predicted molar refractivity (Wildman–Crippen MR) is 103 cm³/mol. The Kier molecular flexibility index (Phi) is 4.47. The third-order valence-corrected chi connectivity index (χ3v) is 5.58. The molecule has 0 fully saturated rings. The number of amides is 1. The lowest BCUT2D eigenvalue weighted by atomic mass is 9.94. The molecule has 1 aliphatic rings. The fourth-order valence-electron chi connectivity index (χ4n) is 3.11. The number of hydrogen-bond acceptors (Lipinski definition) is 4. The summed E-state index contributed by atoms with van der Waals surface area (Å²) in [5, 5.41) is 6.20. The molecule has 0 saturated carbocycles. The van der Waals surface area contributed by atoms with Gasteiger partial charge < -0.3 is 10.1 Å². The molecule has 4 nitrogen and oxygen atoms in total. The highest BCUT2D eigenvalue weighted by Gasteiger charge is 2.28. The van der Waals surface area contributed by atoms with E-state index in [9.17, 15) is 4.79 Å². The Bertz CT molecular complexity index is 903. The number of carbonyl (C=O) groups is 1. The molecular weight excluding hydrogens is 344 g/mol. The molecule has 2 aromatic carbocycles. The maximum atomic E-state index is 12.7. The van der Waals surface area contributed by atoms with E-state index in [1.54, 1.807) is 11.3 Å². The third-order valence-electron chi connectivity index (χ3n) is 4.39. The van der Waals surface area contributed by atoms with E-state index < -0.39 is 0 Å². The second-order valence-corrected chi connectivity index (χ2v) is 7.58. The average molecular weight is 364 g/mol. The Morgan fingerprint density at radius 1 is 1.12 bits per heavy atom. The van der Waals surface area contributed by atoms with Crippen molar-refractivity contribution in [2.24, 2.45) is 0 Å². The summed E-state index contributed by atoms with van der Waals surface area (Å²) in [7, 11) is 0. The Balaban J connectivity index is 1.58. The van der Waals surface area contributed by atoms with Crippen LogP contribution in [0.5, 0.6) is 11.5 Å². The lowest BCUT2D eigenvalue weighted by Crippen LogP contribution is -2.32. The van der Waals surface area contributed by atoms with Gasteiger partial charge in [-0.25, -0.2) is 4.98 Å². The molecule has 0 atom stereocenters. The van der Waals surface area contributed by atoms with Crippen LogP contribution in [0.4, 0.5) is 0 Å². The van der Waals surface area contributed by atoms with Gasteiger partial charge in [0.15, 0.2) is 0 Å². The van der Waals surface area contributed by atoms with Gasteiger partial charge in [0.1, 0.15) is 11.5 Å². The van der Waals surface area contributed by atoms with Crippen molar-refractivity contribution in [2.45, 2.75) is 32.2 Å². The van der Waals surface area contributed by atoms with Crippen LogP contribution in [0, 0.1) is 0 Å². The van der Waals surface area contributed by atoms with Crippen LogP contribution < -0.4 is 10.1 Å². The molecule has 0 bridgehead atoms. The molecule has 5 heteroatoms. The first-order valence-electron chi connectivity index (χ1n) is 8.71. The molecule has 0 unspecified atom stereocenters. The van der Waals surface area contributed by atoms with Gasteiger partial charge in [0.2, 0.25) is 5.91 Å². The van der Waals surface area contributed by atoms with E-state index in [1.807, 2.05) is 53.9 Å². The van der Waals surface area contributed by atoms with Gasteiger partial charge in [-0.1, -0.05) is 50.2 Å². The van der Waals surface area contributed by atoms with Crippen LogP contribution in [-0.4, -0.2) is 10.9 Å². The van der Waals surface area contributed by atoms with E-state index in [-0.39, 0.29) is 18.4 Å². The Morgan fingerprint density at radius 2 is 1.73 bits per heavy atom. The largest absolute Gasteiger partial charge is 0.457 e. The minimum Gasteiger partial charge on any atom is -0.457 e. The molecule has 2 heterocycles. The van der Waals surface area contributed by atoms with Gasteiger partial charge in [-0.15, -0.1) is 11.3 Å². The van der Waals surface area contributed by atoms with Crippen LogP contribution in [0.15, 0.2) is 53.9 Å². The van der Waals surface area contributed by atoms with E-state index in [0.29, 0.717) is 5.92 Å². The number of fused-ring (bicyclic) bond motifs is 2. The van der Waals surface area contributed by atoms with Crippen molar-refractivity contribution < 1.29 is 9.53 Å². The Labute approximate surface area is 156 Å². The standard InChI is InChI=1S/C21H20N2O2S/c1-13(2)21-22-14(12-26-21)11-19(24)23-20-15-7-3-5-9-17(15)25-18-10-6-4-8-16(18)20/h3-10,12-13,20H,11H2,1-2H3,(H,23,24). The molecule has 0 aliphatic carbocycles. The molecular formula is C21H20N2O2S. The number of hydrogen-bond donors (Lipinski definition) is 1. The number of rotatable bonds is 4. The second-order valence-electron chi connectivity index (χ2n) is 6.69. The average Bonchev–Trinajstić information content (AvgIpc) is 3.10. The molecule has 0 saturated heterocycles. The normalized spacial score (nSPS) is 13.0. The van der Waals surface area contributed by atoms with Crippen molar-refractivity contribution in [3.8, 4) is 11.5 Å². The number of para-hydroxylation sites is 2. The fourth-order valence-corrected chi connectivity index (χ4v) is 3.95. The predicted octanol–water partition coefficient (Wildman–Crippen LogP) is 4.82. The fraction of sp³-hybridized carbons (Fsp3) is 0.238. The lowest BCUT2D eigenvalue weighted by molar-refractivity contribution is -0.121. The van der Waals surface area contributed by atoms with Crippen molar-refractivity contribution in [1.82, 2.24) is 10.3 Å². The zero-order chi connectivity index (χ0) is 18.1. The maximum absolute atomic E-state index is 12.7. The lowest BCUT2D eigenvalue weighted by Gasteiger charge is -2.28. The zero-order valence-corrected chi connectivity index (χ0v) is 15.5. The Hall–Kier alpha value is -2.66.